The van der Waals surface area contributed by atoms with Crippen LogP contribution in [0.3, 0.4) is 0 Å². The Kier molecular flexibility index (Phi) is 6.29. The molecule has 1 heterocycles. The Morgan fingerprint density at radius 2 is 2.11 bits per heavy atom. The Morgan fingerprint density at radius 1 is 1.42 bits per heavy atom. The third-order valence-electron chi connectivity index (χ3n) is 3.42. The Hall–Kier alpha value is -1.62. The number of nitrogens with zero attached hydrogens (tertiary/aromatic N) is 1. The number of pyridine rings is 1. The third kappa shape index (κ3) is 4.52. The van der Waals surface area contributed by atoms with Crippen molar-refractivity contribution in [3.63, 3.8) is 0 Å². The van der Waals surface area contributed by atoms with Crippen LogP contribution in [-0.2, 0) is 0 Å². The van der Waals surface area contributed by atoms with Gasteiger partial charge in [0.15, 0.2) is 0 Å². The van der Waals surface area contributed by atoms with Crippen LogP contribution in [0.25, 0.3) is 0 Å². The number of carbonyl (C=O) groups is 1. The molecule has 106 valence electrons. The lowest BCUT2D eigenvalue weighted by atomic mass is 9.95. The Morgan fingerprint density at radius 3 is 2.68 bits per heavy atom. The van der Waals surface area contributed by atoms with Crippen LogP contribution in [0, 0.1) is 5.92 Å². The minimum Gasteiger partial charge on any atom is -0.383 e. The first kappa shape index (κ1) is 15.4. The molecular weight excluding hydrogens is 240 g/mol. The molecule has 1 atom stereocenters. The van der Waals surface area contributed by atoms with E-state index in [1.165, 1.54) is 0 Å². The van der Waals surface area contributed by atoms with E-state index in [-0.39, 0.29) is 11.9 Å². The lowest BCUT2D eigenvalue weighted by Crippen LogP contribution is -2.36. The second kappa shape index (κ2) is 7.74. The van der Waals surface area contributed by atoms with E-state index >= 15 is 0 Å². The van der Waals surface area contributed by atoms with E-state index in [2.05, 4.69) is 29.5 Å². The van der Waals surface area contributed by atoms with Crippen LogP contribution in [0.2, 0.25) is 0 Å². The summed E-state index contributed by atoms with van der Waals surface area (Å²) >= 11 is 0. The summed E-state index contributed by atoms with van der Waals surface area (Å²) in [6.07, 6.45) is 3.79. The summed E-state index contributed by atoms with van der Waals surface area (Å²) in [5.74, 6) is 0.334. The van der Waals surface area contributed by atoms with Crippen molar-refractivity contribution in [2.75, 3.05) is 18.9 Å². The van der Waals surface area contributed by atoms with Crippen LogP contribution in [-0.4, -0.2) is 30.5 Å². The van der Waals surface area contributed by atoms with Gasteiger partial charge in [-0.1, -0.05) is 26.7 Å². The monoisotopic (exact) mass is 264 g/mol. The minimum atomic E-state index is -0.187. The molecule has 5 nitrogen and oxygen atoms in total. The fourth-order valence-electron chi connectivity index (χ4n) is 2.09. The summed E-state index contributed by atoms with van der Waals surface area (Å²) in [7, 11) is 1.59. The van der Waals surface area contributed by atoms with Gasteiger partial charge in [0, 0.05) is 31.5 Å². The highest BCUT2D eigenvalue weighted by Gasteiger charge is 2.13. The Labute approximate surface area is 115 Å². The molecule has 1 aromatic heterocycles. The molecule has 0 fully saturated rings. The normalized spacial score (nSPS) is 12.3. The van der Waals surface area contributed by atoms with E-state index < -0.39 is 0 Å². The van der Waals surface area contributed by atoms with Crippen LogP contribution in [0.4, 0.5) is 5.69 Å². The summed E-state index contributed by atoms with van der Waals surface area (Å²) in [5.41, 5.74) is 7.43. The number of aromatic nitrogens is 1. The molecule has 5 heteroatoms. The molecule has 1 amide bonds. The number of amides is 1. The lowest BCUT2D eigenvalue weighted by molar-refractivity contribution is 0.0958. The largest absolute Gasteiger partial charge is 0.383 e. The average molecular weight is 264 g/mol. The van der Waals surface area contributed by atoms with Crippen molar-refractivity contribution in [2.45, 2.75) is 32.7 Å². The smallest absolute Gasteiger partial charge is 0.269 e. The number of carbonyl (C=O) groups excluding carboxylic acids is 1. The number of hydrogen-bond acceptors (Lipinski definition) is 4. The maximum atomic E-state index is 11.5. The van der Waals surface area contributed by atoms with Crippen molar-refractivity contribution in [3.8, 4) is 0 Å². The van der Waals surface area contributed by atoms with Crippen molar-refractivity contribution < 1.29 is 4.79 Å². The van der Waals surface area contributed by atoms with E-state index in [9.17, 15) is 4.79 Å². The number of anilines is 1. The number of hydrogen-bond donors (Lipinski definition) is 3. The van der Waals surface area contributed by atoms with E-state index in [4.69, 9.17) is 5.73 Å². The van der Waals surface area contributed by atoms with Gasteiger partial charge in [-0.05, 0) is 18.1 Å². The van der Waals surface area contributed by atoms with Crippen molar-refractivity contribution in [3.05, 3.63) is 24.0 Å². The van der Waals surface area contributed by atoms with Gasteiger partial charge < -0.3 is 16.4 Å². The van der Waals surface area contributed by atoms with Crippen molar-refractivity contribution in [2.24, 2.45) is 11.7 Å². The van der Waals surface area contributed by atoms with Gasteiger partial charge in [0.1, 0.15) is 5.69 Å². The molecule has 0 bridgehead atoms. The van der Waals surface area contributed by atoms with Gasteiger partial charge in [0.25, 0.3) is 5.91 Å². The van der Waals surface area contributed by atoms with Crippen LogP contribution in [0.1, 0.15) is 37.2 Å². The number of rotatable bonds is 7. The first-order valence-electron chi connectivity index (χ1n) is 6.79. The lowest BCUT2D eigenvalue weighted by Gasteiger charge is -2.22. The highest BCUT2D eigenvalue weighted by Crippen LogP contribution is 2.13. The molecule has 0 saturated carbocycles. The first-order chi connectivity index (χ1) is 9.12. The van der Waals surface area contributed by atoms with Crippen molar-refractivity contribution >= 4 is 11.6 Å². The van der Waals surface area contributed by atoms with Crippen molar-refractivity contribution in [1.82, 2.24) is 10.3 Å². The highest BCUT2D eigenvalue weighted by molar-refractivity contribution is 5.92. The fourth-order valence-corrected chi connectivity index (χ4v) is 2.09. The summed E-state index contributed by atoms with van der Waals surface area (Å²) in [5, 5.41) is 5.82. The van der Waals surface area contributed by atoms with Gasteiger partial charge in [-0.25, -0.2) is 0 Å². The summed E-state index contributed by atoms with van der Waals surface area (Å²) in [6, 6.07) is 3.69. The van der Waals surface area contributed by atoms with Crippen LogP contribution < -0.4 is 16.4 Å². The molecule has 0 aliphatic carbocycles. The molecule has 0 radical (unpaired) electrons. The zero-order chi connectivity index (χ0) is 14.3. The maximum Gasteiger partial charge on any atom is 0.269 e. The summed E-state index contributed by atoms with van der Waals surface area (Å²) in [6.45, 7) is 5.01. The van der Waals surface area contributed by atoms with Gasteiger partial charge in [-0.15, -0.1) is 0 Å². The molecule has 4 N–H and O–H groups in total. The quantitative estimate of drug-likeness (QED) is 0.699. The predicted molar refractivity (Wildman–Crippen MR) is 78.2 cm³/mol. The maximum absolute atomic E-state index is 11.5. The second-order valence-corrected chi connectivity index (χ2v) is 4.63. The highest BCUT2D eigenvalue weighted by atomic mass is 16.1. The Balaban J connectivity index is 2.60. The molecule has 0 aliphatic rings. The molecule has 0 saturated heterocycles. The first-order valence-corrected chi connectivity index (χ1v) is 6.79. The standard InChI is InChI=1S/C14H24N4O/c1-4-10(5-2)12(15)9-18-11-6-7-17-13(8-11)14(19)16-3/h6-8,10,12H,4-5,9,15H2,1-3H3,(H,16,19)(H,17,18). The SMILES string of the molecule is CCC(CC)C(N)CNc1ccnc(C(=O)NC)c1. The molecule has 1 aromatic rings. The molecule has 0 spiro atoms. The van der Waals surface area contributed by atoms with Gasteiger partial charge in [0.05, 0.1) is 0 Å². The predicted octanol–water partition coefficient (Wildman–Crippen LogP) is 1.62. The molecule has 0 aliphatic heterocycles. The summed E-state index contributed by atoms with van der Waals surface area (Å²) in [4.78, 5) is 15.5. The number of nitrogens with two attached hydrogens (primary N) is 1. The molecular formula is C14H24N4O. The van der Waals surface area contributed by atoms with E-state index in [0.717, 1.165) is 18.5 Å². The fraction of sp³-hybridized carbons (Fsp3) is 0.571. The van der Waals surface area contributed by atoms with Crippen LogP contribution in [0.15, 0.2) is 18.3 Å². The molecule has 19 heavy (non-hydrogen) atoms. The summed E-state index contributed by atoms with van der Waals surface area (Å²) < 4.78 is 0. The topological polar surface area (TPSA) is 80.0 Å². The van der Waals surface area contributed by atoms with Gasteiger partial charge >= 0.3 is 0 Å². The minimum absolute atomic E-state index is 0.117. The van der Waals surface area contributed by atoms with Gasteiger partial charge in [-0.3, -0.25) is 9.78 Å². The average Bonchev–Trinajstić information content (AvgIpc) is 2.45. The van der Waals surface area contributed by atoms with E-state index in [1.807, 2.05) is 6.07 Å². The molecule has 1 unspecified atom stereocenters. The Bertz CT molecular complexity index is 404. The molecule has 1 rings (SSSR count). The number of nitrogens with one attached hydrogen (secondary N) is 2. The van der Waals surface area contributed by atoms with Gasteiger partial charge in [0.2, 0.25) is 0 Å². The zero-order valence-corrected chi connectivity index (χ0v) is 11.9. The second-order valence-electron chi connectivity index (χ2n) is 4.63. The third-order valence-corrected chi connectivity index (χ3v) is 3.42. The van der Waals surface area contributed by atoms with E-state index in [1.54, 1.807) is 19.3 Å². The molecule has 0 aromatic carbocycles. The van der Waals surface area contributed by atoms with Crippen LogP contribution in [0.5, 0.6) is 0 Å². The van der Waals surface area contributed by atoms with Crippen molar-refractivity contribution in [1.29, 1.82) is 0 Å². The van der Waals surface area contributed by atoms with Crippen LogP contribution >= 0.6 is 0 Å². The van der Waals surface area contributed by atoms with Gasteiger partial charge in [-0.2, -0.15) is 0 Å². The van der Waals surface area contributed by atoms with E-state index in [0.29, 0.717) is 18.2 Å². The zero-order valence-electron chi connectivity index (χ0n) is 11.9.